The fraction of sp³-hybridized carbons (Fsp3) is 0.385. The van der Waals surface area contributed by atoms with Crippen LogP contribution >= 0.6 is 15.9 Å². The van der Waals surface area contributed by atoms with Crippen LogP contribution in [-0.4, -0.2) is 35.9 Å². The summed E-state index contributed by atoms with van der Waals surface area (Å²) in [5, 5.41) is 0. The zero-order valence-corrected chi connectivity index (χ0v) is 11.9. The van der Waals surface area contributed by atoms with Crippen molar-refractivity contribution >= 4 is 27.7 Å². The third-order valence-corrected chi connectivity index (χ3v) is 3.73. The van der Waals surface area contributed by atoms with E-state index in [1.807, 2.05) is 24.3 Å². The first-order valence-corrected chi connectivity index (χ1v) is 6.87. The van der Waals surface area contributed by atoms with Crippen LogP contribution in [0.15, 0.2) is 28.7 Å². The molecule has 1 aromatic carbocycles. The minimum Gasteiger partial charge on any atom is -0.489 e. The second kappa shape index (κ2) is 6.06. The van der Waals surface area contributed by atoms with Crippen molar-refractivity contribution in [3.8, 4) is 5.75 Å². The predicted molar refractivity (Wildman–Crippen MR) is 73.6 cm³/mol. The van der Waals surface area contributed by atoms with E-state index in [4.69, 9.17) is 10.5 Å². The highest BCUT2D eigenvalue weighted by Gasteiger charge is 2.26. The Morgan fingerprint density at radius 2 is 1.89 bits per heavy atom. The van der Waals surface area contributed by atoms with Gasteiger partial charge in [-0.3, -0.25) is 9.59 Å². The van der Waals surface area contributed by atoms with Gasteiger partial charge in [-0.15, -0.1) is 0 Å². The normalized spacial score (nSPS) is 16.2. The Balaban J connectivity index is 1.89. The fourth-order valence-electron chi connectivity index (χ4n) is 2.05. The van der Waals surface area contributed by atoms with Gasteiger partial charge in [0.25, 0.3) is 0 Å². The number of nitrogens with two attached hydrogens (primary N) is 1. The first-order valence-electron chi connectivity index (χ1n) is 6.08. The minimum atomic E-state index is -0.898. The maximum Gasteiger partial charge on any atom is 0.311 e. The second-order valence-corrected chi connectivity index (χ2v) is 5.26. The van der Waals surface area contributed by atoms with E-state index in [0.717, 1.165) is 10.2 Å². The number of ether oxygens (including phenoxy) is 1. The lowest BCUT2D eigenvalue weighted by molar-refractivity contribution is -0.145. The number of nitrogens with zero attached hydrogens (tertiary/aromatic N) is 1. The van der Waals surface area contributed by atoms with E-state index >= 15 is 0 Å². The summed E-state index contributed by atoms with van der Waals surface area (Å²) < 4.78 is 6.78. The maximum absolute atomic E-state index is 11.4. The molecule has 0 aromatic heterocycles. The van der Waals surface area contributed by atoms with Gasteiger partial charge >= 0.3 is 11.8 Å². The van der Waals surface area contributed by atoms with Crippen LogP contribution < -0.4 is 10.5 Å². The topological polar surface area (TPSA) is 72.6 Å². The molecular weight excluding hydrogens is 312 g/mol. The standard InChI is InChI=1S/C13H15BrN2O3/c14-10-3-1-2-4-11(10)19-9-5-7-16(8-6-9)13(18)12(15)17/h1-4,9H,5-8H2,(H2,15,17). The first-order chi connectivity index (χ1) is 9.08. The molecule has 1 aromatic rings. The van der Waals surface area contributed by atoms with Crippen molar-refractivity contribution < 1.29 is 14.3 Å². The Morgan fingerprint density at radius 3 is 2.47 bits per heavy atom. The average Bonchev–Trinajstić information content (AvgIpc) is 2.41. The van der Waals surface area contributed by atoms with E-state index in [9.17, 15) is 9.59 Å². The summed E-state index contributed by atoms with van der Waals surface area (Å²) in [6, 6.07) is 7.64. The average molecular weight is 327 g/mol. The van der Waals surface area contributed by atoms with Crippen LogP contribution in [0.25, 0.3) is 0 Å². The van der Waals surface area contributed by atoms with Crippen LogP contribution in [0.3, 0.4) is 0 Å². The van der Waals surface area contributed by atoms with Gasteiger partial charge in [0.15, 0.2) is 0 Å². The van der Waals surface area contributed by atoms with Crippen molar-refractivity contribution in [1.29, 1.82) is 0 Å². The number of para-hydroxylation sites is 1. The highest BCUT2D eigenvalue weighted by atomic mass is 79.9. The zero-order valence-electron chi connectivity index (χ0n) is 10.3. The quantitative estimate of drug-likeness (QED) is 0.833. The second-order valence-electron chi connectivity index (χ2n) is 4.40. The number of carbonyl (C=O) groups is 2. The molecule has 0 aliphatic carbocycles. The molecule has 19 heavy (non-hydrogen) atoms. The van der Waals surface area contributed by atoms with E-state index in [1.165, 1.54) is 4.90 Å². The third kappa shape index (κ3) is 3.47. The van der Waals surface area contributed by atoms with E-state index in [-0.39, 0.29) is 6.10 Å². The Morgan fingerprint density at radius 1 is 1.26 bits per heavy atom. The summed E-state index contributed by atoms with van der Waals surface area (Å²) in [7, 11) is 0. The SMILES string of the molecule is NC(=O)C(=O)N1CCC(Oc2ccccc2Br)CC1. The molecule has 2 rings (SSSR count). The van der Waals surface area contributed by atoms with Crippen molar-refractivity contribution in [2.24, 2.45) is 5.73 Å². The molecule has 102 valence electrons. The Bertz CT molecular complexity index is 485. The first kappa shape index (κ1) is 13.9. The number of halogens is 1. The summed E-state index contributed by atoms with van der Waals surface area (Å²) in [6.45, 7) is 0.994. The van der Waals surface area contributed by atoms with E-state index in [0.29, 0.717) is 25.9 Å². The van der Waals surface area contributed by atoms with Gasteiger partial charge in [-0.1, -0.05) is 12.1 Å². The zero-order chi connectivity index (χ0) is 13.8. The van der Waals surface area contributed by atoms with Gasteiger partial charge in [-0.2, -0.15) is 0 Å². The number of primary amides is 1. The number of carbonyl (C=O) groups excluding carboxylic acids is 2. The van der Waals surface area contributed by atoms with Crippen LogP contribution in [0.1, 0.15) is 12.8 Å². The van der Waals surface area contributed by atoms with Gasteiger partial charge in [-0.25, -0.2) is 0 Å². The minimum absolute atomic E-state index is 0.0515. The van der Waals surface area contributed by atoms with Gasteiger partial charge in [0, 0.05) is 25.9 Å². The van der Waals surface area contributed by atoms with Crippen molar-refractivity contribution in [3.63, 3.8) is 0 Å². The summed E-state index contributed by atoms with van der Waals surface area (Å²) in [5.74, 6) is -0.716. The fourth-order valence-corrected chi connectivity index (χ4v) is 2.43. The van der Waals surface area contributed by atoms with Crippen molar-refractivity contribution in [2.45, 2.75) is 18.9 Å². The predicted octanol–water partition coefficient (Wildman–Crippen LogP) is 1.30. The molecule has 0 atom stereocenters. The summed E-state index contributed by atoms with van der Waals surface area (Å²) >= 11 is 3.43. The number of amides is 2. The van der Waals surface area contributed by atoms with E-state index < -0.39 is 11.8 Å². The molecule has 1 fully saturated rings. The molecule has 6 heteroatoms. The van der Waals surface area contributed by atoms with Crippen LogP contribution in [0.5, 0.6) is 5.75 Å². The summed E-state index contributed by atoms with van der Waals surface area (Å²) in [5.41, 5.74) is 4.98. The molecule has 1 heterocycles. The molecule has 2 amide bonds. The lowest BCUT2D eigenvalue weighted by atomic mass is 10.1. The Labute approximate surface area is 119 Å². The molecule has 2 N–H and O–H groups in total. The number of likely N-dealkylation sites (tertiary alicyclic amines) is 1. The van der Waals surface area contributed by atoms with Crippen molar-refractivity contribution in [3.05, 3.63) is 28.7 Å². The largest absolute Gasteiger partial charge is 0.489 e. The van der Waals surface area contributed by atoms with Gasteiger partial charge < -0.3 is 15.4 Å². The lowest BCUT2D eigenvalue weighted by Gasteiger charge is -2.31. The molecule has 5 nitrogen and oxygen atoms in total. The Hall–Kier alpha value is -1.56. The highest BCUT2D eigenvalue weighted by molar-refractivity contribution is 9.10. The molecule has 0 radical (unpaired) electrons. The van der Waals surface area contributed by atoms with E-state index in [1.54, 1.807) is 0 Å². The van der Waals surface area contributed by atoms with Crippen molar-refractivity contribution in [1.82, 2.24) is 4.90 Å². The Kier molecular flexibility index (Phi) is 4.42. The maximum atomic E-state index is 11.4. The van der Waals surface area contributed by atoms with Gasteiger partial charge in [-0.05, 0) is 28.1 Å². The van der Waals surface area contributed by atoms with Gasteiger partial charge in [0.2, 0.25) is 0 Å². The molecule has 0 unspecified atom stereocenters. The van der Waals surface area contributed by atoms with Gasteiger partial charge in [0.05, 0.1) is 4.47 Å². The molecular formula is C13H15BrN2O3. The van der Waals surface area contributed by atoms with E-state index in [2.05, 4.69) is 15.9 Å². The molecule has 0 saturated carbocycles. The number of hydrogen-bond donors (Lipinski definition) is 1. The highest BCUT2D eigenvalue weighted by Crippen LogP contribution is 2.27. The molecule has 1 aliphatic heterocycles. The number of piperidine rings is 1. The molecule has 0 spiro atoms. The third-order valence-electron chi connectivity index (χ3n) is 3.07. The van der Waals surface area contributed by atoms with Crippen LogP contribution in [-0.2, 0) is 9.59 Å². The molecule has 1 saturated heterocycles. The monoisotopic (exact) mass is 326 g/mol. The summed E-state index contributed by atoms with van der Waals surface area (Å²) in [6.07, 6.45) is 1.44. The molecule has 0 bridgehead atoms. The number of benzene rings is 1. The number of hydrogen-bond acceptors (Lipinski definition) is 3. The molecule has 1 aliphatic rings. The van der Waals surface area contributed by atoms with Crippen LogP contribution in [0.2, 0.25) is 0 Å². The lowest BCUT2D eigenvalue weighted by Crippen LogP contribution is -2.46. The smallest absolute Gasteiger partial charge is 0.311 e. The number of rotatable bonds is 2. The van der Waals surface area contributed by atoms with Crippen LogP contribution in [0.4, 0.5) is 0 Å². The van der Waals surface area contributed by atoms with Crippen LogP contribution in [0, 0.1) is 0 Å². The summed E-state index contributed by atoms with van der Waals surface area (Å²) in [4.78, 5) is 23.7. The van der Waals surface area contributed by atoms with Gasteiger partial charge in [0.1, 0.15) is 11.9 Å². The van der Waals surface area contributed by atoms with Crippen molar-refractivity contribution in [2.75, 3.05) is 13.1 Å².